The van der Waals surface area contributed by atoms with E-state index in [0.717, 1.165) is 25.4 Å². The molecule has 0 unspecified atom stereocenters. The van der Waals surface area contributed by atoms with Gasteiger partial charge in [0.15, 0.2) is 0 Å². The summed E-state index contributed by atoms with van der Waals surface area (Å²) >= 11 is 0. The minimum Gasteiger partial charge on any atom is -0.444 e. The molecule has 110 valence electrons. The van der Waals surface area contributed by atoms with Crippen LogP contribution in [0.25, 0.3) is 0 Å². The second kappa shape index (κ2) is 5.92. The second-order valence-corrected chi connectivity index (χ2v) is 6.96. The first-order chi connectivity index (χ1) is 8.64. The second-order valence-electron chi connectivity index (χ2n) is 5.37. The van der Waals surface area contributed by atoms with Crippen molar-refractivity contribution < 1.29 is 22.1 Å². The molecule has 1 fully saturated rings. The van der Waals surface area contributed by atoms with Crippen molar-refractivity contribution in [2.24, 2.45) is 0 Å². The Bertz CT molecular complexity index is 449. The maximum Gasteiger partial charge on any atom is 0.410 e. The SMILES string of the molecule is COS(=O)(=O)/C=C/[C@@H]1CCCN1C(=O)OC(C)(C)C. The summed E-state index contributed by atoms with van der Waals surface area (Å²) in [5, 5.41) is 0.986. The van der Waals surface area contributed by atoms with E-state index in [-0.39, 0.29) is 6.04 Å². The normalized spacial score (nSPS) is 21.1. The summed E-state index contributed by atoms with van der Waals surface area (Å²) in [5.74, 6) is 0. The number of likely N-dealkylation sites (tertiary alicyclic amines) is 1. The number of hydrogen-bond donors (Lipinski definition) is 0. The van der Waals surface area contributed by atoms with E-state index in [0.29, 0.717) is 6.54 Å². The van der Waals surface area contributed by atoms with Gasteiger partial charge in [0.25, 0.3) is 10.1 Å². The Morgan fingerprint density at radius 2 is 2.00 bits per heavy atom. The van der Waals surface area contributed by atoms with Crippen LogP contribution >= 0.6 is 0 Å². The molecule has 0 bridgehead atoms. The first kappa shape index (κ1) is 16.0. The van der Waals surface area contributed by atoms with Crippen molar-refractivity contribution >= 4 is 16.2 Å². The number of ether oxygens (including phenoxy) is 1. The standard InChI is InChI=1S/C12H21NO5S/c1-12(2,3)18-11(14)13-8-5-6-10(13)7-9-19(15,16)17-4/h7,9-10H,5-6,8H2,1-4H3/b9-7+/t10-/m0/s1. The molecule has 1 rings (SSSR count). The number of carbonyl (C=O) groups is 1. The third-order valence-electron chi connectivity index (χ3n) is 2.63. The van der Waals surface area contributed by atoms with Gasteiger partial charge in [-0.05, 0) is 39.7 Å². The topological polar surface area (TPSA) is 72.9 Å². The lowest BCUT2D eigenvalue weighted by molar-refractivity contribution is 0.0256. The molecule has 1 atom stereocenters. The highest BCUT2D eigenvalue weighted by atomic mass is 32.2. The average molecular weight is 291 g/mol. The molecule has 0 aromatic carbocycles. The lowest BCUT2D eigenvalue weighted by Crippen LogP contribution is -2.39. The Morgan fingerprint density at radius 3 is 2.53 bits per heavy atom. The number of carbonyl (C=O) groups excluding carboxylic acids is 1. The largest absolute Gasteiger partial charge is 0.444 e. The summed E-state index contributed by atoms with van der Waals surface area (Å²) in [7, 11) is -2.55. The zero-order valence-corrected chi connectivity index (χ0v) is 12.6. The van der Waals surface area contributed by atoms with Gasteiger partial charge in [-0.3, -0.25) is 4.18 Å². The summed E-state index contributed by atoms with van der Waals surface area (Å²) in [6, 6.07) is -0.264. The fourth-order valence-electron chi connectivity index (χ4n) is 1.78. The smallest absolute Gasteiger partial charge is 0.410 e. The van der Waals surface area contributed by atoms with Gasteiger partial charge in [-0.15, -0.1) is 0 Å². The quantitative estimate of drug-likeness (QED) is 0.742. The first-order valence-electron chi connectivity index (χ1n) is 6.13. The fraction of sp³-hybridized carbons (Fsp3) is 0.750. The summed E-state index contributed by atoms with van der Waals surface area (Å²) in [5.41, 5.74) is -0.563. The van der Waals surface area contributed by atoms with Gasteiger partial charge >= 0.3 is 6.09 Å². The van der Waals surface area contributed by atoms with Crippen LogP contribution < -0.4 is 0 Å². The van der Waals surface area contributed by atoms with Crippen molar-refractivity contribution in [3.05, 3.63) is 11.5 Å². The molecule has 1 aliphatic rings. The Balaban J connectivity index is 2.72. The van der Waals surface area contributed by atoms with Crippen LogP contribution in [0.5, 0.6) is 0 Å². The number of amides is 1. The van der Waals surface area contributed by atoms with Crippen LogP contribution in [-0.4, -0.2) is 44.7 Å². The molecule has 1 heterocycles. The Hall–Kier alpha value is -1.08. The van der Waals surface area contributed by atoms with Crippen molar-refractivity contribution in [3.8, 4) is 0 Å². The zero-order chi connectivity index (χ0) is 14.7. The van der Waals surface area contributed by atoms with Gasteiger partial charge in [-0.25, -0.2) is 4.79 Å². The van der Waals surface area contributed by atoms with E-state index in [1.165, 1.54) is 11.0 Å². The van der Waals surface area contributed by atoms with Crippen LogP contribution in [0.2, 0.25) is 0 Å². The van der Waals surface area contributed by atoms with Gasteiger partial charge in [0.2, 0.25) is 0 Å². The van der Waals surface area contributed by atoms with Crippen molar-refractivity contribution in [1.29, 1.82) is 0 Å². The Morgan fingerprint density at radius 1 is 1.37 bits per heavy atom. The molecule has 0 aromatic heterocycles. The highest BCUT2D eigenvalue weighted by Crippen LogP contribution is 2.22. The van der Waals surface area contributed by atoms with Gasteiger partial charge < -0.3 is 9.64 Å². The molecular formula is C12H21NO5S. The molecule has 0 aliphatic carbocycles. The molecule has 0 N–H and O–H groups in total. The Labute approximate surface area is 114 Å². The molecule has 7 heteroatoms. The van der Waals surface area contributed by atoms with Gasteiger partial charge in [-0.2, -0.15) is 8.42 Å². The van der Waals surface area contributed by atoms with Crippen LogP contribution in [0.3, 0.4) is 0 Å². The molecule has 0 aromatic rings. The molecule has 6 nitrogen and oxygen atoms in total. The van der Waals surface area contributed by atoms with Crippen molar-refractivity contribution in [2.45, 2.75) is 45.3 Å². The summed E-state index contributed by atoms with van der Waals surface area (Å²) in [4.78, 5) is 13.5. The lowest BCUT2D eigenvalue weighted by Gasteiger charge is -2.27. The monoisotopic (exact) mass is 291 g/mol. The highest BCUT2D eigenvalue weighted by Gasteiger charge is 2.30. The first-order valence-corrected chi connectivity index (χ1v) is 7.60. The van der Waals surface area contributed by atoms with Crippen LogP contribution in [0.1, 0.15) is 33.6 Å². The van der Waals surface area contributed by atoms with E-state index in [4.69, 9.17) is 4.74 Å². The molecular weight excluding hydrogens is 270 g/mol. The van der Waals surface area contributed by atoms with E-state index in [1.54, 1.807) is 20.8 Å². The van der Waals surface area contributed by atoms with E-state index >= 15 is 0 Å². The van der Waals surface area contributed by atoms with Gasteiger partial charge in [-0.1, -0.05) is 0 Å². The molecule has 1 saturated heterocycles. The number of hydrogen-bond acceptors (Lipinski definition) is 5. The maximum atomic E-state index is 12.0. The predicted molar refractivity (Wildman–Crippen MR) is 71.0 cm³/mol. The fourth-order valence-corrected chi connectivity index (χ4v) is 2.27. The summed E-state index contributed by atoms with van der Waals surface area (Å²) in [6.45, 7) is 5.94. The summed E-state index contributed by atoms with van der Waals surface area (Å²) in [6.07, 6.45) is 2.58. The van der Waals surface area contributed by atoms with Crippen LogP contribution in [0, 0.1) is 0 Å². The van der Waals surface area contributed by atoms with Crippen molar-refractivity contribution in [1.82, 2.24) is 4.90 Å². The molecule has 0 saturated carbocycles. The zero-order valence-electron chi connectivity index (χ0n) is 11.8. The highest BCUT2D eigenvalue weighted by molar-refractivity contribution is 7.89. The molecule has 1 amide bonds. The number of rotatable bonds is 3. The lowest BCUT2D eigenvalue weighted by atomic mass is 10.2. The minimum atomic E-state index is -3.65. The van der Waals surface area contributed by atoms with Crippen LogP contribution in [0.4, 0.5) is 4.79 Å². The molecule has 0 spiro atoms. The number of nitrogens with zero attached hydrogens (tertiary/aromatic N) is 1. The van der Waals surface area contributed by atoms with E-state index in [9.17, 15) is 13.2 Å². The predicted octanol–water partition coefficient (Wildman–Crippen LogP) is 1.88. The maximum absolute atomic E-state index is 12.0. The van der Waals surface area contributed by atoms with Gasteiger partial charge in [0, 0.05) is 6.54 Å². The minimum absolute atomic E-state index is 0.264. The van der Waals surface area contributed by atoms with Crippen molar-refractivity contribution in [3.63, 3.8) is 0 Å². The van der Waals surface area contributed by atoms with E-state index in [2.05, 4.69) is 4.18 Å². The molecule has 19 heavy (non-hydrogen) atoms. The third-order valence-corrected chi connectivity index (χ3v) is 3.58. The molecule has 0 radical (unpaired) electrons. The van der Waals surface area contributed by atoms with Crippen molar-refractivity contribution in [2.75, 3.05) is 13.7 Å². The van der Waals surface area contributed by atoms with Gasteiger partial charge in [0.1, 0.15) is 5.60 Å². The third kappa shape index (κ3) is 5.20. The van der Waals surface area contributed by atoms with E-state index < -0.39 is 21.8 Å². The van der Waals surface area contributed by atoms with Crippen LogP contribution in [0.15, 0.2) is 11.5 Å². The Kier molecular flexibility index (Phi) is 4.98. The molecule has 1 aliphatic heterocycles. The average Bonchev–Trinajstić information content (AvgIpc) is 2.72. The van der Waals surface area contributed by atoms with Crippen LogP contribution in [-0.2, 0) is 19.0 Å². The van der Waals surface area contributed by atoms with Gasteiger partial charge in [0.05, 0.1) is 18.6 Å². The summed E-state index contributed by atoms with van der Waals surface area (Å²) < 4.78 is 32.0. The van der Waals surface area contributed by atoms with E-state index in [1.807, 2.05) is 0 Å².